The summed E-state index contributed by atoms with van der Waals surface area (Å²) in [5.74, 6) is 0. The summed E-state index contributed by atoms with van der Waals surface area (Å²) in [5, 5.41) is 2.81. The molecule has 0 amide bonds. The quantitative estimate of drug-likeness (QED) is 0.635. The van der Waals surface area contributed by atoms with Gasteiger partial charge in [-0.25, -0.2) is 0 Å². The molecule has 0 radical (unpaired) electrons. The minimum Gasteiger partial charge on any atom is -0.398 e. The Labute approximate surface area is 82.1 Å². The molecule has 0 bridgehead atoms. The second-order valence-corrected chi connectivity index (χ2v) is 3.54. The third-order valence-corrected chi connectivity index (χ3v) is 2.60. The lowest BCUT2D eigenvalue weighted by molar-refractivity contribution is 1.50. The van der Waals surface area contributed by atoms with Gasteiger partial charge in [0.25, 0.3) is 0 Å². The Balaban J connectivity index is 2.94. The molecule has 0 aliphatic carbocycles. The van der Waals surface area contributed by atoms with Crippen molar-refractivity contribution in [3.63, 3.8) is 0 Å². The molecule has 2 aromatic carbocycles. The van der Waals surface area contributed by atoms with Crippen molar-refractivity contribution in [2.45, 2.75) is 6.92 Å². The van der Waals surface area contributed by atoms with Gasteiger partial charge < -0.3 is 5.73 Å². The molecule has 1 nitrogen and oxygen atoms in total. The summed E-state index contributed by atoms with van der Waals surface area (Å²) in [6.07, 6.45) is 0. The standard InChI is InChI=1S/C11H10ClN/c1-7-5-6-8-9(11(7)13)3-2-4-10(8)12/h2-6H,13H2,1H3. The van der Waals surface area contributed by atoms with Crippen molar-refractivity contribution in [1.82, 2.24) is 0 Å². The zero-order valence-corrected chi connectivity index (χ0v) is 8.10. The fraction of sp³-hybridized carbons (Fsp3) is 0.0909. The molecule has 0 saturated carbocycles. The molecule has 0 heterocycles. The Morgan fingerprint density at radius 1 is 1.08 bits per heavy atom. The van der Waals surface area contributed by atoms with Crippen LogP contribution in [0.3, 0.4) is 0 Å². The van der Waals surface area contributed by atoms with E-state index in [0.717, 1.165) is 27.0 Å². The minimum atomic E-state index is 0.754. The van der Waals surface area contributed by atoms with Crippen molar-refractivity contribution in [2.24, 2.45) is 0 Å². The first kappa shape index (κ1) is 8.39. The largest absolute Gasteiger partial charge is 0.398 e. The molecule has 0 fully saturated rings. The van der Waals surface area contributed by atoms with E-state index in [9.17, 15) is 0 Å². The lowest BCUT2D eigenvalue weighted by atomic mass is 10.1. The van der Waals surface area contributed by atoms with Gasteiger partial charge in [-0.1, -0.05) is 35.9 Å². The fourth-order valence-electron chi connectivity index (χ4n) is 1.45. The Morgan fingerprint density at radius 3 is 2.62 bits per heavy atom. The fourth-order valence-corrected chi connectivity index (χ4v) is 1.69. The second-order valence-electron chi connectivity index (χ2n) is 3.13. The number of benzene rings is 2. The van der Waals surface area contributed by atoms with Gasteiger partial charge in [0, 0.05) is 21.5 Å². The van der Waals surface area contributed by atoms with Crippen LogP contribution in [0.2, 0.25) is 5.02 Å². The van der Waals surface area contributed by atoms with Crippen molar-refractivity contribution < 1.29 is 0 Å². The lowest BCUT2D eigenvalue weighted by Gasteiger charge is -2.05. The van der Waals surface area contributed by atoms with E-state index in [-0.39, 0.29) is 0 Å². The van der Waals surface area contributed by atoms with E-state index in [1.165, 1.54) is 0 Å². The summed E-state index contributed by atoms with van der Waals surface area (Å²) in [4.78, 5) is 0. The Kier molecular flexibility index (Phi) is 1.89. The lowest BCUT2D eigenvalue weighted by Crippen LogP contribution is -1.90. The number of rotatable bonds is 0. The van der Waals surface area contributed by atoms with E-state index in [2.05, 4.69) is 0 Å². The Hall–Kier alpha value is -1.21. The van der Waals surface area contributed by atoms with Gasteiger partial charge in [-0.15, -0.1) is 0 Å². The van der Waals surface area contributed by atoms with E-state index in [1.807, 2.05) is 37.3 Å². The SMILES string of the molecule is Cc1ccc2c(Cl)cccc2c1N. The van der Waals surface area contributed by atoms with Gasteiger partial charge in [0.2, 0.25) is 0 Å². The average Bonchev–Trinajstić information content (AvgIpc) is 2.12. The molecule has 2 rings (SSSR count). The van der Waals surface area contributed by atoms with E-state index >= 15 is 0 Å². The van der Waals surface area contributed by atoms with Crippen LogP contribution in [0.25, 0.3) is 10.8 Å². The number of anilines is 1. The van der Waals surface area contributed by atoms with Crippen LogP contribution in [0, 0.1) is 6.92 Å². The molecule has 2 aromatic rings. The van der Waals surface area contributed by atoms with E-state index in [0.29, 0.717) is 0 Å². The zero-order chi connectivity index (χ0) is 9.42. The van der Waals surface area contributed by atoms with Crippen LogP contribution in [0.5, 0.6) is 0 Å². The van der Waals surface area contributed by atoms with Crippen molar-refractivity contribution in [3.05, 3.63) is 40.9 Å². The first-order valence-corrected chi connectivity index (χ1v) is 4.51. The van der Waals surface area contributed by atoms with Crippen molar-refractivity contribution in [3.8, 4) is 0 Å². The number of hydrogen-bond acceptors (Lipinski definition) is 1. The molecule has 0 saturated heterocycles. The predicted octanol–water partition coefficient (Wildman–Crippen LogP) is 3.38. The van der Waals surface area contributed by atoms with Gasteiger partial charge in [0.1, 0.15) is 0 Å². The highest BCUT2D eigenvalue weighted by Crippen LogP contribution is 2.29. The molecular formula is C11H10ClN. The van der Waals surface area contributed by atoms with Crippen LogP contribution >= 0.6 is 11.6 Å². The van der Waals surface area contributed by atoms with Crippen molar-refractivity contribution in [2.75, 3.05) is 5.73 Å². The molecule has 66 valence electrons. The highest BCUT2D eigenvalue weighted by atomic mass is 35.5. The minimum absolute atomic E-state index is 0.754. The maximum Gasteiger partial charge on any atom is 0.0485 e. The molecule has 0 atom stereocenters. The number of halogens is 1. The molecule has 0 spiro atoms. The predicted molar refractivity (Wildman–Crippen MR) is 58.1 cm³/mol. The number of nitrogen functional groups attached to an aromatic ring is 1. The van der Waals surface area contributed by atoms with Crippen LogP contribution in [0.15, 0.2) is 30.3 Å². The van der Waals surface area contributed by atoms with Crippen LogP contribution in [0.1, 0.15) is 5.56 Å². The van der Waals surface area contributed by atoms with Crippen LogP contribution in [-0.4, -0.2) is 0 Å². The molecule has 2 N–H and O–H groups in total. The number of nitrogens with two attached hydrogens (primary N) is 1. The molecule has 0 unspecified atom stereocenters. The molecule has 0 aromatic heterocycles. The maximum absolute atomic E-state index is 6.03. The zero-order valence-electron chi connectivity index (χ0n) is 7.34. The maximum atomic E-state index is 6.03. The van der Waals surface area contributed by atoms with Crippen LogP contribution in [0.4, 0.5) is 5.69 Å². The van der Waals surface area contributed by atoms with Crippen molar-refractivity contribution >= 4 is 28.1 Å². The summed E-state index contributed by atoms with van der Waals surface area (Å²) < 4.78 is 0. The first-order chi connectivity index (χ1) is 6.20. The van der Waals surface area contributed by atoms with Gasteiger partial charge in [0.05, 0.1) is 0 Å². The summed E-state index contributed by atoms with van der Waals surface area (Å²) in [7, 11) is 0. The summed E-state index contributed by atoms with van der Waals surface area (Å²) in [6.45, 7) is 2.00. The van der Waals surface area contributed by atoms with E-state index in [4.69, 9.17) is 17.3 Å². The highest BCUT2D eigenvalue weighted by molar-refractivity contribution is 6.35. The number of aryl methyl sites for hydroxylation is 1. The third kappa shape index (κ3) is 1.25. The summed E-state index contributed by atoms with van der Waals surface area (Å²) in [6, 6.07) is 9.77. The van der Waals surface area contributed by atoms with Gasteiger partial charge in [-0.05, 0) is 18.6 Å². The molecular weight excluding hydrogens is 182 g/mol. The van der Waals surface area contributed by atoms with E-state index in [1.54, 1.807) is 0 Å². The molecule has 2 heteroatoms. The molecule has 0 aliphatic rings. The average molecular weight is 192 g/mol. The number of hydrogen-bond donors (Lipinski definition) is 1. The Morgan fingerprint density at radius 2 is 1.85 bits per heavy atom. The molecule has 0 aliphatic heterocycles. The highest BCUT2D eigenvalue weighted by Gasteiger charge is 2.02. The third-order valence-electron chi connectivity index (χ3n) is 2.27. The van der Waals surface area contributed by atoms with Crippen molar-refractivity contribution in [1.29, 1.82) is 0 Å². The summed E-state index contributed by atoms with van der Waals surface area (Å²) >= 11 is 6.03. The first-order valence-electron chi connectivity index (χ1n) is 4.13. The monoisotopic (exact) mass is 191 g/mol. The van der Waals surface area contributed by atoms with Crippen LogP contribution in [-0.2, 0) is 0 Å². The van der Waals surface area contributed by atoms with Gasteiger partial charge in [0.15, 0.2) is 0 Å². The normalized spacial score (nSPS) is 10.6. The molecule has 13 heavy (non-hydrogen) atoms. The topological polar surface area (TPSA) is 26.0 Å². The Bertz CT molecular complexity index is 463. The van der Waals surface area contributed by atoms with Gasteiger partial charge in [-0.3, -0.25) is 0 Å². The number of fused-ring (bicyclic) bond motifs is 1. The van der Waals surface area contributed by atoms with Gasteiger partial charge in [-0.2, -0.15) is 0 Å². The second kappa shape index (κ2) is 2.93. The smallest absolute Gasteiger partial charge is 0.0485 e. The van der Waals surface area contributed by atoms with Gasteiger partial charge >= 0.3 is 0 Å². The summed E-state index contributed by atoms with van der Waals surface area (Å²) in [5.41, 5.74) is 7.84. The van der Waals surface area contributed by atoms with Crippen LogP contribution < -0.4 is 5.73 Å². The van der Waals surface area contributed by atoms with E-state index < -0.39 is 0 Å².